The van der Waals surface area contributed by atoms with Crippen molar-refractivity contribution in [3.05, 3.63) is 41.3 Å². The van der Waals surface area contributed by atoms with Crippen LogP contribution >= 0.6 is 0 Å². The van der Waals surface area contributed by atoms with Gasteiger partial charge in [0, 0.05) is 12.6 Å². The minimum atomic E-state index is -0.235. The SMILES string of the molecule is Cc1cc(-c2cc(C=O)nn2C)ccc1F. The number of halogens is 1. The highest BCUT2D eigenvalue weighted by Crippen LogP contribution is 2.21. The number of aryl methyl sites for hydroxylation is 2. The van der Waals surface area contributed by atoms with Gasteiger partial charge in [-0.25, -0.2) is 4.39 Å². The van der Waals surface area contributed by atoms with Crippen LogP contribution < -0.4 is 0 Å². The molecule has 1 heterocycles. The molecule has 2 rings (SSSR count). The third kappa shape index (κ3) is 1.74. The van der Waals surface area contributed by atoms with Gasteiger partial charge in [0.15, 0.2) is 6.29 Å². The Morgan fingerprint density at radius 2 is 2.12 bits per heavy atom. The molecule has 1 aromatic carbocycles. The lowest BCUT2D eigenvalue weighted by atomic mass is 10.1. The zero-order chi connectivity index (χ0) is 11.7. The van der Waals surface area contributed by atoms with Gasteiger partial charge in [-0.1, -0.05) is 0 Å². The first-order valence-electron chi connectivity index (χ1n) is 4.87. The first-order chi connectivity index (χ1) is 7.61. The molecule has 82 valence electrons. The van der Waals surface area contributed by atoms with Crippen molar-refractivity contribution in [2.24, 2.45) is 7.05 Å². The molecule has 4 heteroatoms. The molecule has 0 saturated carbocycles. The lowest BCUT2D eigenvalue weighted by molar-refractivity contribution is 0.111. The lowest BCUT2D eigenvalue weighted by Gasteiger charge is -2.03. The monoisotopic (exact) mass is 218 g/mol. The van der Waals surface area contributed by atoms with Crippen LogP contribution in [0, 0.1) is 12.7 Å². The Balaban J connectivity index is 2.53. The van der Waals surface area contributed by atoms with E-state index in [-0.39, 0.29) is 5.82 Å². The highest BCUT2D eigenvalue weighted by atomic mass is 19.1. The van der Waals surface area contributed by atoms with E-state index in [1.807, 2.05) is 0 Å². The fourth-order valence-electron chi connectivity index (χ4n) is 1.62. The summed E-state index contributed by atoms with van der Waals surface area (Å²) in [5.41, 5.74) is 2.60. The number of nitrogens with zero attached hydrogens (tertiary/aromatic N) is 2. The van der Waals surface area contributed by atoms with E-state index < -0.39 is 0 Å². The van der Waals surface area contributed by atoms with Crippen molar-refractivity contribution in [3.63, 3.8) is 0 Å². The molecule has 0 N–H and O–H groups in total. The number of hydrogen-bond acceptors (Lipinski definition) is 2. The summed E-state index contributed by atoms with van der Waals surface area (Å²) in [5.74, 6) is -0.235. The van der Waals surface area contributed by atoms with E-state index in [0.717, 1.165) is 11.3 Å². The van der Waals surface area contributed by atoms with Crippen LogP contribution in [0.4, 0.5) is 4.39 Å². The molecule has 0 bridgehead atoms. The average Bonchev–Trinajstić information content (AvgIpc) is 2.64. The molecule has 0 radical (unpaired) electrons. The first kappa shape index (κ1) is 10.5. The number of aldehydes is 1. The van der Waals surface area contributed by atoms with Gasteiger partial charge in [0.2, 0.25) is 0 Å². The van der Waals surface area contributed by atoms with Crippen LogP contribution in [0.5, 0.6) is 0 Å². The van der Waals surface area contributed by atoms with E-state index in [9.17, 15) is 9.18 Å². The van der Waals surface area contributed by atoms with Gasteiger partial charge >= 0.3 is 0 Å². The third-order valence-electron chi connectivity index (χ3n) is 2.47. The van der Waals surface area contributed by atoms with E-state index in [4.69, 9.17) is 0 Å². The van der Waals surface area contributed by atoms with Gasteiger partial charge in [-0.05, 0) is 36.8 Å². The van der Waals surface area contributed by atoms with E-state index in [2.05, 4.69) is 5.10 Å². The van der Waals surface area contributed by atoms with E-state index in [0.29, 0.717) is 17.5 Å². The van der Waals surface area contributed by atoms with Crippen molar-refractivity contribution in [3.8, 4) is 11.3 Å². The topological polar surface area (TPSA) is 34.9 Å². The van der Waals surface area contributed by atoms with Crippen molar-refractivity contribution >= 4 is 6.29 Å². The van der Waals surface area contributed by atoms with Crippen molar-refractivity contribution < 1.29 is 9.18 Å². The molecule has 16 heavy (non-hydrogen) atoms. The van der Waals surface area contributed by atoms with Gasteiger partial charge in [-0.3, -0.25) is 9.48 Å². The fourth-order valence-corrected chi connectivity index (χ4v) is 1.62. The Kier molecular flexibility index (Phi) is 2.56. The second-order valence-corrected chi connectivity index (χ2v) is 3.66. The van der Waals surface area contributed by atoms with Crippen LogP contribution in [0.1, 0.15) is 16.1 Å². The molecule has 0 atom stereocenters. The van der Waals surface area contributed by atoms with Crippen LogP contribution in [0.2, 0.25) is 0 Å². The molecular formula is C12H11FN2O. The molecule has 0 fully saturated rings. The standard InChI is InChI=1S/C12H11FN2O/c1-8-5-9(3-4-11(8)13)12-6-10(7-16)14-15(12)2/h3-7H,1-2H3. The number of carbonyl (C=O) groups is 1. The Morgan fingerprint density at radius 3 is 2.69 bits per heavy atom. The highest BCUT2D eigenvalue weighted by Gasteiger charge is 2.08. The maximum Gasteiger partial charge on any atom is 0.170 e. The van der Waals surface area contributed by atoms with Crippen molar-refractivity contribution in [1.82, 2.24) is 9.78 Å². The molecule has 0 unspecified atom stereocenters. The van der Waals surface area contributed by atoms with Gasteiger partial charge in [0.1, 0.15) is 11.5 Å². The highest BCUT2D eigenvalue weighted by molar-refractivity contribution is 5.75. The average molecular weight is 218 g/mol. The Bertz CT molecular complexity index is 546. The summed E-state index contributed by atoms with van der Waals surface area (Å²) in [6.45, 7) is 1.70. The van der Waals surface area contributed by atoms with Crippen molar-refractivity contribution in [2.45, 2.75) is 6.92 Å². The van der Waals surface area contributed by atoms with Gasteiger partial charge in [-0.2, -0.15) is 5.10 Å². The number of hydrogen-bond donors (Lipinski definition) is 0. The van der Waals surface area contributed by atoms with Crippen LogP contribution in [0.25, 0.3) is 11.3 Å². The van der Waals surface area contributed by atoms with Gasteiger partial charge in [0.05, 0.1) is 5.69 Å². The number of rotatable bonds is 2. The molecule has 3 nitrogen and oxygen atoms in total. The molecule has 0 amide bonds. The fraction of sp³-hybridized carbons (Fsp3) is 0.167. The van der Waals surface area contributed by atoms with Crippen LogP contribution in [-0.4, -0.2) is 16.1 Å². The van der Waals surface area contributed by atoms with Crippen LogP contribution in [0.3, 0.4) is 0 Å². The molecule has 0 aliphatic heterocycles. The predicted molar refractivity (Wildman–Crippen MR) is 58.7 cm³/mol. The summed E-state index contributed by atoms with van der Waals surface area (Å²) in [4.78, 5) is 10.6. The summed E-state index contributed by atoms with van der Waals surface area (Å²) < 4.78 is 14.7. The van der Waals surface area contributed by atoms with Gasteiger partial charge < -0.3 is 0 Å². The lowest BCUT2D eigenvalue weighted by Crippen LogP contribution is -1.95. The largest absolute Gasteiger partial charge is 0.296 e. The van der Waals surface area contributed by atoms with E-state index in [1.54, 1.807) is 36.9 Å². The van der Waals surface area contributed by atoms with Gasteiger partial charge in [-0.15, -0.1) is 0 Å². The molecule has 0 aliphatic rings. The number of aromatic nitrogens is 2. The van der Waals surface area contributed by atoms with Crippen molar-refractivity contribution in [2.75, 3.05) is 0 Å². The number of benzene rings is 1. The minimum absolute atomic E-state index is 0.235. The molecule has 0 saturated heterocycles. The molecular weight excluding hydrogens is 207 g/mol. The second kappa shape index (κ2) is 3.89. The van der Waals surface area contributed by atoms with E-state index in [1.165, 1.54) is 6.07 Å². The number of carbonyl (C=O) groups excluding carboxylic acids is 1. The van der Waals surface area contributed by atoms with E-state index >= 15 is 0 Å². The molecule has 0 spiro atoms. The zero-order valence-electron chi connectivity index (χ0n) is 9.07. The molecule has 0 aliphatic carbocycles. The predicted octanol–water partition coefficient (Wildman–Crippen LogP) is 2.35. The van der Waals surface area contributed by atoms with Crippen molar-refractivity contribution in [1.29, 1.82) is 0 Å². The van der Waals surface area contributed by atoms with Crippen LogP contribution in [0.15, 0.2) is 24.3 Å². The minimum Gasteiger partial charge on any atom is -0.296 e. The summed E-state index contributed by atoms with van der Waals surface area (Å²) in [5, 5.41) is 4.01. The van der Waals surface area contributed by atoms with Crippen LogP contribution in [-0.2, 0) is 7.05 Å². The maximum atomic E-state index is 13.1. The molecule has 2 aromatic rings. The first-order valence-corrected chi connectivity index (χ1v) is 4.87. The summed E-state index contributed by atoms with van der Waals surface area (Å²) in [6.07, 6.45) is 0.694. The zero-order valence-corrected chi connectivity index (χ0v) is 9.07. The summed E-state index contributed by atoms with van der Waals surface area (Å²) in [6, 6.07) is 6.51. The molecule has 1 aromatic heterocycles. The normalized spacial score (nSPS) is 10.4. The Hall–Kier alpha value is -1.97. The second-order valence-electron chi connectivity index (χ2n) is 3.66. The Morgan fingerprint density at radius 1 is 1.38 bits per heavy atom. The maximum absolute atomic E-state index is 13.1. The summed E-state index contributed by atoms with van der Waals surface area (Å²) in [7, 11) is 1.75. The summed E-state index contributed by atoms with van der Waals surface area (Å²) >= 11 is 0. The quantitative estimate of drug-likeness (QED) is 0.725. The Labute approximate surface area is 92.5 Å². The smallest absolute Gasteiger partial charge is 0.170 e. The third-order valence-corrected chi connectivity index (χ3v) is 2.47. The van der Waals surface area contributed by atoms with Gasteiger partial charge in [0.25, 0.3) is 0 Å².